The second kappa shape index (κ2) is 7.79. The molecule has 4 rings (SSSR count). The highest BCUT2D eigenvalue weighted by Crippen LogP contribution is 2.32. The summed E-state index contributed by atoms with van der Waals surface area (Å²) in [5.74, 6) is -0.521. The first-order valence-corrected chi connectivity index (χ1v) is 9.44. The molecule has 148 valence electrons. The van der Waals surface area contributed by atoms with E-state index in [0.29, 0.717) is 22.4 Å². The highest BCUT2D eigenvalue weighted by Gasteiger charge is 2.34. The Bertz CT molecular complexity index is 1210. The van der Waals surface area contributed by atoms with Crippen molar-refractivity contribution in [3.05, 3.63) is 106 Å². The number of ketones is 2. The fourth-order valence-electron chi connectivity index (χ4n) is 3.50. The van der Waals surface area contributed by atoms with Gasteiger partial charge >= 0.3 is 0 Å². The second-order valence-corrected chi connectivity index (χ2v) is 7.01. The van der Waals surface area contributed by atoms with Crippen LogP contribution in [-0.2, 0) is 0 Å². The van der Waals surface area contributed by atoms with Gasteiger partial charge in [0.2, 0.25) is 5.78 Å². The van der Waals surface area contributed by atoms with Gasteiger partial charge in [-0.1, -0.05) is 54.1 Å². The Labute approximate surface area is 174 Å². The highest BCUT2D eigenvalue weighted by molar-refractivity contribution is 6.41. The Morgan fingerprint density at radius 2 is 1.50 bits per heavy atom. The van der Waals surface area contributed by atoms with Crippen LogP contribution in [0.2, 0.25) is 0 Å². The lowest BCUT2D eigenvalue weighted by Crippen LogP contribution is -2.33. The summed E-state index contributed by atoms with van der Waals surface area (Å²) in [7, 11) is 1.55. The van der Waals surface area contributed by atoms with E-state index in [9.17, 15) is 14.4 Å². The lowest BCUT2D eigenvalue weighted by Gasteiger charge is -2.22. The van der Waals surface area contributed by atoms with Crippen LogP contribution in [0, 0.1) is 6.92 Å². The van der Waals surface area contributed by atoms with Gasteiger partial charge in [-0.25, -0.2) is 0 Å². The predicted octanol–water partition coefficient (Wildman–Crippen LogP) is 4.22. The molecule has 0 saturated heterocycles. The smallest absolute Gasteiger partial charge is 0.255 e. The minimum atomic E-state index is -0.444. The average molecular weight is 397 g/mol. The quantitative estimate of drug-likeness (QED) is 0.715. The third-order valence-electron chi connectivity index (χ3n) is 5.02. The summed E-state index contributed by atoms with van der Waals surface area (Å²) in [6.07, 6.45) is 0. The summed E-state index contributed by atoms with van der Waals surface area (Å²) in [6.45, 7) is 1.88. The minimum Gasteiger partial charge on any atom is -0.497 e. The molecule has 1 aliphatic carbocycles. The van der Waals surface area contributed by atoms with Crippen LogP contribution in [0.3, 0.4) is 0 Å². The normalized spacial score (nSPS) is 13.1. The van der Waals surface area contributed by atoms with Crippen molar-refractivity contribution >= 4 is 23.0 Å². The number of hydrogen-bond donors (Lipinski definition) is 1. The van der Waals surface area contributed by atoms with E-state index in [2.05, 4.69) is 5.32 Å². The average Bonchev–Trinajstić information content (AvgIpc) is 2.77. The molecule has 0 spiro atoms. The fraction of sp³-hybridized carbons (Fsp3) is 0.0800. The van der Waals surface area contributed by atoms with Crippen LogP contribution in [-0.4, -0.2) is 24.6 Å². The first kappa shape index (κ1) is 19.3. The Hall–Kier alpha value is -3.99. The van der Waals surface area contributed by atoms with Crippen LogP contribution in [0.5, 0.6) is 5.75 Å². The summed E-state index contributed by atoms with van der Waals surface area (Å²) >= 11 is 0. The van der Waals surface area contributed by atoms with E-state index in [1.54, 1.807) is 73.8 Å². The number of carbonyl (C=O) groups is 3. The zero-order valence-corrected chi connectivity index (χ0v) is 16.6. The maximum absolute atomic E-state index is 13.3. The Balaban J connectivity index is 1.85. The molecule has 0 bridgehead atoms. The summed E-state index contributed by atoms with van der Waals surface area (Å²) < 4.78 is 5.18. The van der Waals surface area contributed by atoms with Gasteiger partial charge in [-0.2, -0.15) is 0 Å². The van der Waals surface area contributed by atoms with Gasteiger partial charge in [-0.3, -0.25) is 14.4 Å². The van der Waals surface area contributed by atoms with Crippen molar-refractivity contribution in [1.29, 1.82) is 0 Å². The second-order valence-electron chi connectivity index (χ2n) is 7.01. The molecule has 0 atom stereocenters. The number of rotatable bonds is 4. The molecule has 3 aromatic rings. The zero-order valence-electron chi connectivity index (χ0n) is 16.6. The number of ether oxygens (including phenoxy) is 1. The van der Waals surface area contributed by atoms with Gasteiger partial charge in [0.1, 0.15) is 11.4 Å². The zero-order chi connectivity index (χ0) is 21.3. The number of Topliss-reactive ketones (excluding diaryl/α,β-unsaturated/α-hetero) is 2. The Kier molecular flexibility index (Phi) is 5.02. The number of allylic oxidation sites excluding steroid dienone is 2. The van der Waals surface area contributed by atoms with Gasteiger partial charge < -0.3 is 10.1 Å². The molecule has 0 unspecified atom stereocenters. The largest absolute Gasteiger partial charge is 0.497 e. The molecule has 0 aromatic heterocycles. The van der Waals surface area contributed by atoms with E-state index in [-0.39, 0.29) is 22.6 Å². The number of aryl methyl sites for hydroxylation is 1. The number of fused-ring (bicyclic) bond motifs is 1. The first-order chi connectivity index (χ1) is 14.5. The molecule has 5 heteroatoms. The molecule has 5 nitrogen and oxygen atoms in total. The van der Waals surface area contributed by atoms with E-state index < -0.39 is 11.7 Å². The molecule has 0 saturated carbocycles. The van der Waals surface area contributed by atoms with Gasteiger partial charge in [0.05, 0.1) is 12.7 Å². The van der Waals surface area contributed by atoms with Crippen LogP contribution in [0.25, 0.3) is 5.57 Å². The third kappa shape index (κ3) is 3.42. The van der Waals surface area contributed by atoms with Crippen molar-refractivity contribution in [3.8, 4) is 5.75 Å². The van der Waals surface area contributed by atoms with Gasteiger partial charge in [-0.15, -0.1) is 0 Å². The molecule has 0 radical (unpaired) electrons. The van der Waals surface area contributed by atoms with Gasteiger partial charge in [-0.05, 0) is 36.8 Å². The van der Waals surface area contributed by atoms with Crippen LogP contribution in [0.1, 0.15) is 42.2 Å². The lowest BCUT2D eigenvalue weighted by molar-refractivity contribution is 0.0927. The van der Waals surface area contributed by atoms with Crippen LogP contribution >= 0.6 is 0 Å². The molecule has 1 amide bonds. The van der Waals surface area contributed by atoms with Gasteiger partial charge in [0.25, 0.3) is 5.91 Å². The fourth-order valence-corrected chi connectivity index (χ4v) is 3.50. The maximum Gasteiger partial charge on any atom is 0.255 e. The van der Waals surface area contributed by atoms with Gasteiger partial charge in [0.15, 0.2) is 5.78 Å². The molecule has 0 aliphatic heterocycles. The van der Waals surface area contributed by atoms with Crippen LogP contribution < -0.4 is 10.1 Å². The lowest BCUT2D eigenvalue weighted by atomic mass is 9.84. The number of amides is 1. The molecule has 1 N–H and O–H groups in total. The molecular formula is C25H19NO4. The van der Waals surface area contributed by atoms with Crippen molar-refractivity contribution in [1.82, 2.24) is 5.32 Å². The molecule has 30 heavy (non-hydrogen) atoms. The number of methoxy groups -OCH3 is 1. The van der Waals surface area contributed by atoms with E-state index in [4.69, 9.17) is 4.74 Å². The molecule has 0 fully saturated rings. The van der Waals surface area contributed by atoms with E-state index in [0.717, 1.165) is 5.56 Å². The number of benzene rings is 3. The Morgan fingerprint density at radius 3 is 2.13 bits per heavy atom. The number of nitrogens with one attached hydrogen (secondary N) is 1. The van der Waals surface area contributed by atoms with Crippen LogP contribution in [0.4, 0.5) is 0 Å². The van der Waals surface area contributed by atoms with Crippen molar-refractivity contribution in [3.63, 3.8) is 0 Å². The minimum absolute atomic E-state index is 0.0182. The first-order valence-electron chi connectivity index (χ1n) is 9.44. The number of carbonyl (C=O) groups excluding carboxylic acids is 3. The monoisotopic (exact) mass is 397 g/mol. The summed E-state index contributed by atoms with van der Waals surface area (Å²) in [5.41, 5.74) is 2.61. The maximum atomic E-state index is 13.3. The van der Waals surface area contributed by atoms with Crippen molar-refractivity contribution in [2.45, 2.75) is 6.92 Å². The molecule has 1 aliphatic rings. The highest BCUT2D eigenvalue weighted by atomic mass is 16.5. The van der Waals surface area contributed by atoms with Crippen molar-refractivity contribution < 1.29 is 19.1 Å². The van der Waals surface area contributed by atoms with Crippen molar-refractivity contribution in [2.75, 3.05) is 7.11 Å². The van der Waals surface area contributed by atoms with E-state index >= 15 is 0 Å². The third-order valence-corrected chi connectivity index (χ3v) is 5.02. The topological polar surface area (TPSA) is 72.5 Å². The van der Waals surface area contributed by atoms with Crippen molar-refractivity contribution in [2.24, 2.45) is 0 Å². The molecule has 0 heterocycles. The number of hydrogen-bond acceptors (Lipinski definition) is 4. The van der Waals surface area contributed by atoms with Gasteiger partial charge in [0, 0.05) is 16.7 Å². The predicted molar refractivity (Wildman–Crippen MR) is 114 cm³/mol. The van der Waals surface area contributed by atoms with E-state index in [1.165, 1.54) is 0 Å². The Morgan fingerprint density at radius 1 is 0.833 bits per heavy atom. The standard InChI is InChI=1S/C25H19NO4/c1-15-6-5-7-17(14-15)25(29)26-22-21(16-10-12-18(30-2)13-11-16)23(27)19-8-3-4-9-20(19)24(22)28/h3-14H,1-2H3,(H,26,29). The summed E-state index contributed by atoms with van der Waals surface area (Å²) in [4.78, 5) is 39.4. The summed E-state index contributed by atoms with van der Waals surface area (Å²) in [6, 6.07) is 20.5. The summed E-state index contributed by atoms with van der Waals surface area (Å²) in [5, 5.41) is 2.70. The molecular weight excluding hydrogens is 378 g/mol. The molecule has 3 aromatic carbocycles. The van der Waals surface area contributed by atoms with Crippen LogP contribution in [0.15, 0.2) is 78.5 Å². The van der Waals surface area contributed by atoms with E-state index in [1.807, 2.05) is 13.0 Å². The SMILES string of the molecule is COc1ccc(C2=C(NC(=O)c3cccc(C)c3)C(=O)c3ccccc3C2=O)cc1.